The first kappa shape index (κ1) is 15.5. The molecule has 1 unspecified atom stereocenters. The second-order valence-corrected chi connectivity index (χ2v) is 4.06. The summed E-state index contributed by atoms with van der Waals surface area (Å²) in [4.78, 5) is 11.4. The van der Waals surface area contributed by atoms with Gasteiger partial charge in [0.15, 0.2) is 0 Å². The molecule has 0 aliphatic rings. The van der Waals surface area contributed by atoms with Crippen LogP contribution in [0.15, 0.2) is 18.2 Å². The van der Waals surface area contributed by atoms with E-state index < -0.39 is 18.6 Å². The van der Waals surface area contributed by atoms with Gasteiger partial charge in [-0.05, 0) is 24.6 Å². The maximum Gasteiger partial charge on any atom is 0.387 e. The minimum absolute atomic E-state index is 0.0324. The molecule has 0 aliphatic carbocycles. The van der Waals surface area contributed by atoms with E-state index in [1.807, 2.05) is 6.92 Å². The van der Waals surface area contributed by atoms with E-state index in [0.717, 1.165) is 0 Å². The van der Waals surface area contributed by atoms with E-state index >= 15 is 0 Å². The van der Waals surface area contributed by atoms with Gasteiger partial charge < -0.3 is 14.8 Å². The van der Waals surface area contributed by atoms with Gasteiger partial charge in [-0.15, -0.1) is 0 Å². The zero-order chi connectivity index (χ0) is 14.4. The summed E-state index contributed by atoms with van der Waals surface area (Å²) in [6.45, 7) is -1.13. The molecule has 0 aliphatic heterocycles. The number of alkyl halides is 2. The van der Waals surface area contributed by atoms with Crippen LogP contribution in [-0.4, -0.2) is 25.7 Å². The Balaban J connectivity index is 2.80. The van der Waals surface area contributed by atoms with Crippen molar-refractivity contribution < 1.29 is 23.0 Å². The fraction of sp³-hybridized carbons (Fsp3) is 0.417. The number of esters is 1. The molecule has 0 saturated heterocycles. The van der Waals surface area contributed by atoms with Gasteiger partial charge >= 0.3 is 12.6 Å². The number of nitrogens with one attached hydrogen (secondary N) is 1. The Hall–Kier alpha value is -1.56. The highest BCUT2D eigenvalue weighted by molar-refractivity contribution is 6.32. The topological polar surface area (TPSA) is 47.6 Å². The van der Waals surface area contributed by atoms with Gasteiger partial charge in [-0.3, -0.25) is 0 Å². The fourth-order valence-electron chi connectivity index (χ4n) is 1.45. The van der Waals surface area contributed by atoms with Crippen molar-refractivity contribution >= 4 is 23.3 Å². The lowest BCUT2D eigenvalue weighted by molar-refractivity contribution is -0.141. The molecule has 0 amide bonds. The molecule has 1 rings (SSSR count). The minimum atomic E-state index is -2.94. The van der Waals surface area contributed by atoms with E-state index in [0.29, 0.717) is 12.1 Å². The minimum Gasteiger partial charge on any atom is -0.467 e. The van der Waals surface area contributed by atoms with Gasteiger partial charge in [0.05, 0.1) is 12.1 Å². The van der Waals surface area contributed by atoms with Gasteiger partial charge in [-0.2, -0.15) is 8.78 Å². The number of carbonyl (C=O) groups is 1. The fourth-order valence-corrected chi connectivity index (χ4v) is 1.68. The van der Waals surface area contributed by atoms with Crippen molar-refractivity contribution in [3.63, 3.8) is 0 Å². The van der Waals surface area contributed by atoms with Crippen LogP contribution >= 0.6 is 11.6 Å². The molecular weight excluding hydrogens is 280 g/mol. The second kappa shape index (κ2) is 7.13. The number of hydrogen-bond donors (Lipinski definition) is 1. The largest absolute Gasteiger partial charge is 0.467 e. The van der Waals surface area contributed by atoms with E-state index in [1.54, 1.807) is 0 Å². The van der Waals surface area contributed by atoms with Gasteiger partial charge in [0.25, 0.3) is 0 Å². The molecule has 0 radical (unpaired) electrons. The summed E-state index contributed by atoms with van der Waals surface area (Å²) in [7, 11) is 1.29. The average Bonchev–Trinajstić information content (AvgIpc) is 2.37. The summed E-state index contributed by atoms with van der Waals surface area (Å²) in [6.07, 6.45) is 0.513. The van der Waals surface area contributed by atoms with Gasteiger partial charge in [-0.1, -0.05) is 18.5 Å². The van der Waals surface area contributed by atoms with Crippen LogP contribution in [0.25, 0.3) is 0 Å². The standard InChI is InChI=1S/C12H14ClF2NO3/c1-3-9(11(17)18-2)16-7-4-5-10(8(13)6-7)19-12(14)15/h4-6,9,12,16H,3H2,1-2H3. The van der Waals surface area contributed by atoms with E-state index in [2.05, 4.69) is 14.8 Å². The first-order chi connectivity index (χ1) is 8.97. The zero-order valence-corrected chi connectivity index (χ0v) is 11.2. The Morgan fingerprint density at radius 2 is 2.16 bits per heavy atom. The highest BCUT2D eigenvalue weighted by atomic mass is 35.5. The summed E-state index contributed by atoms with van der Waals surface area (Å²) < 4.78 is 33.0. The number of carbonyl (C=O) groups excluding carboxylic acids is 1. The molecule has 1 atom stereocenters. The van der Waals surface area contributed by atoms with Crippen molar-refractivity contribution in [3.8, 4) is 5.75 Å². The normalized spacial score (nSPS) is 12.1. The number of hydrogen-bond acceptors (Lipinski definition) is 4. The van der Waals surface area contributed by atoms with Gasteiger partial charge in [0.1, 0.15) is 11.8 Å². The molecule has 19 heavy (non-hydrogen) atoms. The number of anilines is 1. The van der Waals surface area contributed by atoms with Crippen LogP contribution in [-0.2, 0) is 9.53 Å². The SMILES string of the molecule is CCC(Nc1ccc(OC(F)F)c(Cl)c1)C(=O)OC. The van der Waals surface area contributed by atoms with E-state index in [9.17, 15) is 13.6 Å². The molecule has 7 heteroatoms. The van der Waals surface area contributed by atoms with Crippen molar-refractivity contribution in [2.45, 2.75) is 26.0 Å². The lowest BCUT2D eigenvalue weighted by Crippen LogP contribution is -2.29. The summed E-state index contributed by atoms with van der Waals surface area (Å²) >= 11 is 5.80. The van der Waals surface area contributed by atoms with Crippen LogP contribution in [0.4, 0.5) is 14.5 Å². The van der Waals surface area contributed by atoms with Crippen molar-refractivity contribution in [1.82, 2.24) is 0 Å². The zero-order valence-electron chi connectivity index (χ0n) is 10.5. The molecule has 0 spiro atoms. The molecule has 0 aromatic heterocycles. The third-order valence-corrected chi connectivity index (χ3v) is 2.68. The van der Waals surface area contributed by atoms with Crippen LogP contribution in [0.5, 0.6) is 5.75 Å². The molecule has 0 saturated carbocycles. The molecule has 106 valence electrons. The van der Waals surface area contributed by atoms with Gasteiger partial charge in [-0.25, -0.2) is 4.79 Å². The van der Waals surface area contributed by atoms with Gasteiger partial charge in [0.2, 0.25) is 0 Å². The Morgan fingerprint density at radius 3 is 2.63 bits per heavy atom. The predicted molar refractivity (Wildman–Crippen MR) is 67.8 cm³/mol. The van der Waals surface area contributed by atoms with Crippen molar-refractivity contribution in [1.29, 1.82) is 0 Å². The average molecular weight is 294 g/mol. The highest BCUT2D eigenvalue weighted by Crippen LogP contribution is 2.29. The molecule has 1 aromatic carbocycles. The number of halogens is 3. The molecule has 1 aromatic rings. The van der Waals surface area contributed by atoms with Crippen LogP contribution in [0.1, 0.15) is 13.3 Å². The Kier molecular flexibility index (Phi) is 5.82. The quantitative estimate of drug-likeness (QED) is 0.818. The van der Waals surface area contributed by atoms with Crippen molar-refractivity contribution in [3.05, 3.63) is 23.2 Å². The summed E-state index contributed by atoms with van der Waals surface area (Å²) in [5.74, 6) is -0.528. The molecule has 0 heterocycles. The Morgan fingerprint density at radius 1 is 1.47 bits per heavy atom. The van der Waals surface area contributed by atoms with Crippen LogP contribution in [0.2, 0.25) is 5.02 Å². The molecule has 0 bridgehead atoms. The molecular formula is C12H14ClF2NO3. The van der Waals surface area contributed by atoms with E-state index in [4.69, 9.17) is 11.6 Å². The van der Waals surface area contributed by atoms with Gasteiger partial charge in [0, 0.05) is 5.69 Å². The number of ether oxygens (including phenoxy) is 2. The van der Waals surface area contributed by atoms with Crippen molar-refractivity contribution in [2.75, 3.05) is 12.4 Å². The summed E-state index contributed by atoms with van der Waals surface area (Å²) in [5.41, 5.74) is 0.517. The highest BCUT2D eigenvalue weighted by Gasteiger charge is 2.17. The predicted octanol–water partition coefficient (Wildman–Crippen LogP) is 3.30. The molecule has 4 nitrogen and oxygen atoms in total. The first-order valence-electron chi connectivity index (χ1n) is 5.56. The van der Waals surface area contributed by atoms with E-state index in [-0.39, 0.29) is 10.8 Å². The maximum absolute atomic E-state index is 12.1. The van der Waals surface area contributed by atoms with E-state index in [1.165, 1.54) is 25.3 Å². The smallest absolute Gasteiger partial charge is 0.387 e. The third kappa shape index (κ3) is 4.55. The number of rotatable bonds is 6. The Bertz CT molecular complexity index is 443. The first-order valence-corrected chi connectivity index (χ1v) is 5.94. The second-order valence-electron chi connectivity index (χ2n) is 3.65. The molecule has 0 fully saturated rings. The maximum atomic E-state index is 12.1. The number of methoxy groups -OCH3 is 1. The Labute approximate surface area is 114 Å². The molecule has 1 N–H and O–H groups in total. The summed E-state index contributed by atoms with van der Waals surface area (Å²) in [5, 5.41) is 2.93. The number of benzene rings is 1. The summed E-state index contributed by atoms with van der Waals surface area (Å²) in [6, 6.07) is 3.68. The van der Waals surface area contributed by atoms with Crippen LogP contribution in [0, 0.1) is 0 Å². The monoisotopic (exact) mass is 293 g/mol. The lowest BCUT2D eigenvalue weighted by atomic mass is 10.2. The van der Waals surface area contributed by atoms with Crippen molar-refractivity contribution in [2.24, 2.45) is 0 Å². The van der Waals surface area contributed by atoms with Crippen LogP contribution < -0.4 is 10.1 Å². The lowest BCUT2D eigenvalue weighted by Gasteiger charge is -2.16. The third-order valence-electron chi connectivity index (χ3n) is 2.38. The van der Waals surface area contributed by atoms with Crippen LogP contribution in [0.3, 0.4) is 0 Å².